The summed E-state index contributed by atoms with van der Waals surface area (Å²) in [7, 11) is 2.17. The van der Waals surface area contributed by atoms with Crippen LogP contribution >= 0.6 is 0 Å². The van der Waals surface area contributed by atoms with Gasteiger partial charge < -0.3 is 9.80 Å². The van der Waals surface area contributed by atoms with E-state index >= 15 is 0 Å². The van der Waals surface area contributed by atoms with Gasteiger partial charge in [-0.15, -0.1) is 0 Å². The molecule has 1 heterocycles. The number of carbonyl (C=O) groups excluding carboxylic acids is 1. The smallest absolute Gasteiger partial charge is 0.140 e. The number of rotatable bonds is 5. The third-order valence-corrected chi connectivity index (χ3v) is 4.71. The van der Waals surface area contributed by atoms with Crippen molar-refractivity contribution in [3.63, 3.8) is 0 Å². The summed E-state index contributed by atoms with van der Waals surface area (Å²) in [5.41, 5.74) is 0.784. The van der Waals surface area contributed by atoms with Gasteiger partial charge in [-0.05, 0) is 39.4 Å². The van der Waals surface area contributed by atoms with Gasteiger partial charge in [-0.3, -0.25) is 4.79 Å². The van der Waals surface area contributed by atoms with Gasteiger partial charge in [0.25, 0.3) is 0 Å². The van der Waals surface area contributed by atoms with Crippen molar-refractivity contribution >= 4 is 5.78 Å². The van der Waals surface area contributed by atoms with Crippen LogP contribution in [0.3, 0.4) is 0 Å². The molecule has 0 spiro atoms. The highest BCUT2D eigenvalue weighted by Gasteiger charge is 2.32. The largest absolute Gasteiger partial charge is 0.304 e. The summed E-state index contributed by atoms with van der Waals surface area (Å²) in [6.07, 6.45) is 0.899. The lowest BCUT2D eigenvalue weighted by Crippen LogP contribution is -2.46. The van der Waals surface area contributed by atoms with E-state index in [0.717, 1.165) is 44.7 Å². The normalized spacial score (nSPS) is 19.0. The van der Waals surface area contributed by atoms with E-state index in [1.807, 2.05) is 32.0 Å². The first-order valence-corrected chi connectivity index (χ1v) is 8.50. The predicted molar refractivity (Wildman–Crippen MR) is 94.4 cm³/mol. The molecular weight excluding hydrogens is 272 g/mol. The molecule has 0 radical (unpaired) electrons. The van der Waals surface area contributed by atoms with Crippen LogP contribution in [0.15, 0.2) is 30.3 Å². The molecule has 0 N–H and O–H groups in total. The zero-order valence-corrected chi connectivity index (χ0v) is 14.9. The number of Topliss-reactive ketones (excluding diaryl/α,β-unsaturated/α-hetero) is 1. The van der Waals surface area contributed by atoms with E-state index in [1.165, 1.54) is 0 Å². The predicted octanol–water partition coefficient (Wildman–Crippen LogP) is 3.20. The Balaban J connectivity index is 0.00000116. The number of carbonyl (C=O) groups is 1. The Labute approximate surface area is 136 Å². The average molecular weight is 304 g/mol. The molecule has 0 saturated carbocycles. The molecule has 22 heavy (non-hydrogen) atoms. The highest BCUT2D eigenvalue weighted by Crippen LogP contribution is 2.29. The SMILES string of the molecule is CC.CC(=O)C(C)(CCN1CCN(C)CC1)c1ccccc1. The highest BCUT2D eigenvalue weighted by atomic mass is 16.1. The minimum Gasteiger partial charge on any atom is -0.304 e. The highest BCUT2D eigenvalue weighted by molar-refractivity contribution is 5.87. The van der Waals surface area contributed by atoms with Crippen LogP contribution in [-0.2, 0) is 10.2 Å². The molecule has 1 aromatic carbocycles. The molecule has 1 atom stereocenters. The van der Waals surface area contributed by atoms with Gasteiger partial charge in [0.1, 0.15) is 5.78 Å². The Morgan fingerprint density at radius 2 is 1.64 bits per heavy atom. The van der Waals surface area contributed by atoms with Gasteiger partial charge in [0, 0.05) is 26.2 Å². The maximum atomic E-state index is 12.2. The minimum absolute atomic E-state index is 0.262. The molecular formula is C19H32N2O. The molecule has 124 valence electrons. The van der Waals surface area contributed by atoms with Crippen LogP contribution in [0.4, 0.5) is 0 Å². The van der Waals surface area contributed by atoms with Crippen LogP contribution in [0.1, 0.15) is 39.7 Å². The van der Waals surface area contributed by atoms with Crippen molar-refractivity contribution in [1.82, 2.24) is 9.80 Å². The van der Waals surface area contributed by atoms with Crippen molar-refractivity contribution in [1.29, 1.82) is 0 Å². The first-order valence-electron chi connectivity index (χ1n) is 8.50. The van der Waals surface area contributed by atoms with Gasteiger partial charge in [-0.25, -0.2) is 0 Å². The summed E-state index contributed by atoms with van der Waals surface area (Å²) >= 11 is 0. The van der Waals surface area contributed by atoms with Crippen LogP contribution < -0.4 is 0 Å². The Hall–Kier alpha value is -1.19. The van der Waals surface area contributed by atoms with Crippen LogP contribution in [0.2, 0.25) is 0 Å². The van der Waals surface area contributed by atoms with E-state index in [9.17, 15) is 4.79 Å². The van der Waals surface area contributed by atoms with Crippen molar-refractivity contribution in [3.05, 3.63) is 35.9 Å². The third-order valence-electron chi connectivity index (χ3n) is 4.71. The van der Waals surface area contributed by atoms with Crippen molar-refractivity contribution in [2.45, 2.75) is 39.5 Å². The zero-order valence-electron chi connectivity index (χ0n) is 14.9. The first kappa shape index (κ1) is 18.9. The summed E-state index contributed by atoms with van der Waals surface area (Å²) in [5, 5.41) is 0. The van der Waals surface area contributed by atoms with E-state index in [4.69, 9.17) is 0 Å². The summed E-state index contributed by atoms with van der Waals surface area (Å²) in [6, 6.07) is 10.2. The number of likely N-dealkylation sites (N-methyl/N-ethyl adjacent to an activating group) is 1. The molecule has 1 unspecified atom stereocenters. The second-order valence-electron chi connectivity index (χ2n) is 6.15. The van der Waals surface area contributed by atoms with Crippen molar-refractivity contribution in [2.24, 2.45) is 0 Å². The molecule has 2 rings (SSSR count). The molecule has 0 amide bonds. The molecule has 1 saturated heterocycles. The Bertz CT molecular complexity index is 438. The molecule has 3 nitrogen and oxygen atoms in total. The van der Waals surface area contributed by atoms with Gasteiger partial charge in [-0.2, -0.15) is 0 Å². The van der Waals surface area contributed by atoms with E-state index in [1.54, 1.807) is 6.92 Å². The number of nitrogens with zero attached hydrogens (tertiary/aromatic N) is 2. The topological polar surface area (TPSA) is 23.6 Å². The molecule has 1 fully saturated rings. The van der Waals surface area contributed by atoms with Crippen molar-refractivity contribution < 1.29 is 4.79 Å². The summed E-state index contributed by atoms with van der Waals surface area (Å²) in [4.78, 5) is 17.0. The van der Waals surface area contributed by atoms with E-state index in [0.29, 0.717) is 0 Å². The monoisotopic (exact) mass is 304 g/mol. The lowest BCUT2D eigenvalue weighted by Gasteiger charge is -2.35. The number of piperazine rings is 1. The molecule has 0 aromatic heterocycles. The maximum Gasteiger partial charge on any atom is 0.140 e. The van der Waals surface area contributed by atoms with Gasteiger partial charge in [0.15, 0.2) is 0 Å². The van der Waals surface area contributed by atoms with Crippen molar-refractivity contribution in [2.75, 3.05) is 39.8 Å². The van der Waals surface area contributed by atoms with Crippen LogP contribution in [0, 0.1) is 0 Å². The Morgan fingerprint density at radius 3 is 2.14 bits per heavy atom. The molecule has 1 aliphatic rings. The summed E-state index contributed by atoms with van der Waals surface area (Å²) < 4.78 is 0. The number of benzene rings is 1. The lowest BCUT2D eigenvalue weighted by molar-refractivity contribution is -0.122. The van der Waals surface area contributed by atoms with E-state index in [2.05, 4.69) is 35.9 Å². The lowest BCUT2D eigenvalue weighted by atomic mass is 9.76. The minimum atomic E-state index is -0.357. The Morgan fingerprint density at radius 1 is 1.09 bits per heavy atom. The summed E-state index contributed by atoms with van der Waals surface area (Å²) in [5.74, 6) is 0.262. The number of hydrogen-bond donors (Lipinski definition) is 0. The fraction of sp³-hybridized carbons (Fsp3) is 0.632. The van der Waals surface area contributed by atoms with Crippen LogP contribution in [0.25, 0.3) is 0 Å². The molecule has 1 aromatic rings. The quantitative estimate of drug-likeness (QED) is 0.834. The third kappa shape index (κ3) is 4.92. The van der Waals surface area contributed by atoms with Gasteiger partial charge >= 0.3 is 0 Å². The van der Waals surface area contributed by atoms with E-state index in [-0.39, 0.29) is 11.2 Å². The van der Waals surface area contributed by atoms with Crippen LogP contribution in [0.5, 0.6) is 0 Å². The summed E-state index contributed by atoms with van der Waals surface area (Å²) in [6.45, 7) is 13.3. The van der Waals surface area contributed by atoms with Gasteiger partial charge in [-0.1, -0.05) is 44.2 Å². The fourth-order valence-electron chi connectivity index (χ4n) is 2.78. The number of hydrogen-bond acceptors (Lipinski definition) is 3. The molecule has 1 aliphatic heterocycles. The van der Waals surface area contributed by atoms with Crippen LogP contribution in [-0.4, -0.2) is 55.4 Å². The van der Waals surface area contributed by atoms with Gasteiger partial charge in [0.2, 0.25) is 0 Å². The zero-order chi connectivity index (χ0) is 16.6. The molecule has 0 aliphatic carbocycles. The fourth-order valence-corrected chi connectivity index (χ4v) is 2.78. The molecule has 0 bridgehead atoms. The van der Waals surface area contributed by atoms with Crippen molar-refractivity contribution in [3.8, 4) is 0 Å². The first-order chi connectivity index (χ1) is 10.5. The number of ketones is 1. The standard InChI is InChI=1S/C17H26N2O.C2H6/c1-15(20)17(2,16-7-5-4-6-8-16)9-10-19-13-11-18(3)12-14-19;1-2/h4-8H,9-14H2,1-3H3;1-2H3. The molecule has 3 heteroatoms. The maximum absolute atomic E-state index is 12.2. The second kappa shape index (κ2) is 9.06. The Kier molecular flexibility index (Phi) is 7.77. The van der Waals surface area contributed by atoms with E-state index < -0.39 is 0 Å². The average Bonchev–Trinajstić information content (AvgIpc) is 2.56. The van der Waals surface area contributed by atoms with Gasteiger partial charge in [0.05, 0.1) is 5.41 Å². The second-order valence-corrected chi connectivity index (χ2v) is 6.15.